The van der Waals surface area contributed by atoms with Gasteiger partial charge in [-0.25, -0.2) is 0 Å². The second-order valence-electron chi connectivity index (χ2n) is 4.59. The van der Waals surface area contributed by atoms with E-state index in [4.69, 9.17) is 10.00 Å². The normalized spacial score (nSPS) is 10.4. The molecule has 1 aromatic carbocycles. The van der Waals surface area contributed by atoms with E-state index in [1.807, 2.05) is 18.2 Å². The summed E-state index contributed by atoms with van der Waals surface area (Å²) < 4.78 is 5.22. The van der Waals surface area contributed by atoms with Gasteiger partial charge in [0.05, 0.1) is 12.7 Å². The van der Waals surface area contributed by atoms with E-state index in [1.165, 1.54) is 24.8 Å². The van der Waals surface area contributed by atoms with E-state index in [2.05, 4.69) is 24.9 Å². The second-order valence-corrected chi connectivity index (χ2v) is 4.59. The fraction of sp³-hybridized carbons (Fsp3) is 0.533. The SMILES string of the molecule is CCCCCN(C)Cc1ccc(C#N)c(OC)c1. The molecule has 0 aliphatic rings. The molecule has 0 bridgehead atoms. The highest BCUT2D eigenvalue weighted by Crippen LogP contribution is 2.20. The molecule has 0 unspecified atom stereocenters. The number of nitrogens with zero attached hydrogens (tertiary/aromatic N) is 2. The van der Waals surface area contributed by atoms with Gasteiger partial charge in [0.25, 0.3) is 0 Å². The molecular weight excluding hydrogens is 224 g/mol. The summed E-state index contributed by atoms with van der Waals surface area (Å²) in [5, 5.41) is 8.93. The number of hydrogen-bond donors (Lipinski definition) is 0. The maximum Gasteiger partial charge on any atom is 0.136 e. The highest BCUT2D eigenvalue weighted by atomic mass is 16.5. The Bertz CT molecular complexity index is 409. The van der Waals surface area contributed by atoms with Crippen molar-refractivity contribution < 1.29 is 4.74 Å². The summed E-state index contributed by atoms with van der Waals surface area (Å²) in [6.07, 6.45) is 3.76. The van der Waals surface area contributed by atoms with Crippen LogP contribution in [0.4, 0.5) is 0 Å². The van der Waals surface area contributed by atoms with E-state index in [9.17, 15) is 0 Å². The lowest BCUT2D eigenvalue weighted by molar-refractivity contribution is 0.317. The molecule has 1 aromatic rings. The van der Waals surface area contributed by atoms with Gasteiger partial charge in [0.15, 0.2) is 0 Å². The van der Waals surface area contributed by atoms with Gasteiger partial charge in [-0.15, -0.1) is 0 Å². The molecule has 0 aromatic heterocycles. The van der Waals surface area contributed by atoms with Crippen LogP contribution in [0, 0.1) is 11.3 Å². The lowest BCUT2D eigenvalue weighted by Gasteiger charge is -2.17. The van der Waals surface area contributed by atoms with Crippen LogP contribution in [0.3, 0.4) is 0 Å². The predicted molar refractivity (Wildman–Crippen MR) is 73.6 cm³/mol. The summed E-state index contributed by atoms with van der Waals surface area (Å²) in [7, 11) is 3.73. The maximum absolute atomic E-state index is 8.93. The van der Waals surface area contributed by atoms with Crippen molar-refractivity contribution >= 4 is 0 Å². The van der Waals surface area contributed by atoms with E-state index >= 15 is 0 Å². The molecular formula is C15H22N2O. The summed E-state index contributed by atoms with van der Waals surface area (Å²) in [6, 6.07) is 7.91. The number of hydrogen-bond acceptors (Lipinski definition) is 3. The molecule has 0 saturated heterocycles. The average molecular weight is 246 g/mol. The summed E-state index contributed by atoms with van der Waals surface area (Å²) in [6.45, 7) is 4.22. The van der Waals surface area contributed by atoms with Crippen molar-refractivity contribution in [1.29, 1.82) is 5.26 Å². The van der Waals surface area contributed by atoms with Crippen LogP contribution in [0.25, 0.3) is 0 Å². The third-order valence-corrected chi connectivity index (χ3v) is 2.98. The Morgan fingerprint density at radius 2 is 2.11 bits per heavy atom. The largest absolute Gasteiger partial charge is 0.495 e. The first-order chi connectivity index (χ1) is 8.71. The highest BCUT2D eigenvalue weighted by Gasteiger charge is 2.05. The second kappa shape index (κ2) is 7.73. The first-order valence-corrected chi connectivity index (χ1v) is 6.46. The van der Waals surface area contributed by atoms with Crippen LogP contribution in [0.15, 0.2) is 18.2 Å². The van der Waals surface area contributed by atoms with Gasteiger partial charge in [0, 0.05) is 6.54 Å². The molecule has 0 aliphatic carbocycles. The van der Waals surface area contributed by atoms with Crippen molar-refractivity contribution in [1.82, 2.24) is 4.90 Å². The highest BCUT2D eigenvalue weighted by molar-refractivity contribution is 5.45. The van der Waals surface area contributed by atoms with E-state index < -0.39 is 0 Å². The van der Waals surface area contributed by atoms with Gasteiger partial charge in [-0.05, 0) is 37.7 Å². The van der Waals surface area contributed by atoms with Gasteiger partial charge < -0.3 is 9.64 Å². The number of unbranched alkanes of at least 4 members (excludes halogenated alkanes) is 2. The number of benzene rings is 1. The molecule has 0 N–H and O–H groups in total. The lowest BCUT2D eigenvalue weighted by atomic mass is 10.1. The third-order valence-electron chi connectivity index (χ3n) is 2.98. The quantitative estimate of drug-likeness (QED) is 0.693. The lowest BCUT2D eigenvalue weighted by Crippen LogP contribution is -2.19. The molecule has 0 spiro atoms. The maximum atomic E-state index is 8.93. The zero-order valence-corrected chi connectivity index (χ0v) is 11.6. The van der Waals surface area contributed by atoms with Crippen molar-refractivity contribution in [2.24, 2.45) is 0 Å². The van der Waals surface area contributed by atoms with Gasteiger partial charge in [-0.1, -0.05) is 25.8 Å². The minimum atomic E-state index is 0.592. The molecule has 18 heavy (non-hydrogen) atoms. The molecule has 98 valence electrons. The molecule has 0 amide bonds. The molecule has 0 atom stereocenters. The zero-order valence-electron chi connectivity index (χ0n) is 11.6. The summed E-state index contributed by atoms with van der Waals surface area (Å²) >= 11 is 0. The van der Waals surface area contributed by atoms with Gasteiger partial charge >= 0.3 is 0 Å². The minimum Gasteiger partial charge on any atom is -0.495 e. The molecule has 0 aliphatic heterocycles. The smallest absolute Gasteiger partial charge is 0.136 e. The Morgan fingerprint density at radius 1 is 1.33 bits per heavy atom. The van der Waals surface area contributed by atoms with Gasteiger partial charge in [-0.3, -0.25) is 0 Å². The first kappa shape index (κ1) is 14.5. The first-order valence-electron chi connectivity index (χ1n) is 6.46. The predicted octanol–water partition coefficient (Wildman–Crippen LogP) is 3.19. The van der Waals surface area contributed by atoms with E-state index in [1.54, 1.807) is 7.11 Å². The Labute approximate surface area is 110 Å². The van der Waals surface area contributed by atoms with Crippen LogP contribution in [0.2, 0.25) is 0 Å². The third kappa shape index (κ3) is 4.38. The van der Waals surface area contributed by atoms with Crippen molar-refractivity contribution in [2.45, 2.75) is 32.7 Å². The number of rotatable bonds is 7. The van der Waals surface area contributed by atoms with E-state index in [0.717, 1.165) is 13.1 Å². The van der Waals surface area contributed by atoms with Crippen molar-refractivity contribution in [3.8, 4) is 11.8 Å². The van der Waals surface area contributed by atoms with Crippen LogP contribution in [-0.2, 0) is 6.54 Å². The average Bonchev–Trinajstić information content (AvgIpc) is 2.39. The monoisotopic (exact) mass is 246 g/mol. The Morgan fingerprint density at radius 3 is 2.72 bits per heavy atom. The molecule has 1 rings (SSSR count). The minimum absolute atomic E-state index is 0.592. The van der Waals surface area contributed by atoms with Crippen LogP contribution < -0.4 is 4.74 Å². The summed E-state index contributed by atoms with van der Waals surface area (Å²) in [5.74, 6) is 0.664. The molecule has 0 saturated carbocycles. The van der Waals surface area contributed by atoms with Gasteiger partial charge in [0.1, 0.15) is 11.8 Å². The van der Waals surface area contributed by atoms with Crippen molar-refractivity contribution in [3.05, 3.63) is 29.3 Å². The van der Waals surface area contributed by atoms with Crippen molar-refractivity contribution in [2.75, 3.05) is 20.7 Å². The molecule has 0 radical (unpaired) electrons. The summed E-state index contributed by atoms with van der Waals surface area (Å²) in [4.78, 5) is 2.30. The number of ether oxygens (including phenoxy) is 1. The Balaban J connectivity index is 2.59. The molecule has 0 heterocycles. The number of methoxy groups -OCH3 is 1. The Hall–Kier alpha value is -1.53. The fourth-order valence-electron chi connectivity index (χ4n) is 1.95. The van der Waals surface area contributed by atoms with Crippen LogP contribution in [-0.4, -0.2) is 25.6 Å². The van der Waals surface area contributed by atoms with Crippen LogP contribution in [0.5, 0.6) is 5.75 Å². The van der Waals surface area contributed by atoms with E-state index in [0.29, 0.717) is 11.3 Å². The molecule has 0 fully saturated rings. The van der Waals surface area contributed by atoms with Gasteiger partial charge in [-0.2, -0.15) is 5.26 Å². The topological polar surface area (TPSA) is 36.3 Å². The van der Waals surface area contributed by atoms with Crippen molar-refractivity contribution in [3.63, 3.8) is 0 Å². The zero-order chi connectivity index (χ0) is 13.4. The van der Waals surface area contributed by atoms with Crippen LogP contribution in [0.1, 0.15) is 37.3 Å². The standard InChI is InChI=1S/C15H22N2O/c1-4-5-6-9-17(2)12-13-7-8-14(11-16)15(10-13)18-3/h7-8,10H,4-6,9,12H2,1-3H3. The summed E-state index contributed by atoms with van der Waals surface area (Å²) in [5.41, 5.74) is 1.78. The fourth-order valence-corrected chi connectivity index (χ4v) is 1.95. The molecule has 3 nitrogen and oxygen atoms in total. The molecule has 3 heteroatoms. The van der Waals surface area contributed by atoms with Gasteiger partial charge in [0.2, 0.25) is 0 Å². The van der Waals surface area contributed by atoms with E-state index in [-0.39, 0.29) is 0 Å². The Kier molecular flexibility index (Phi) is 6.24. The van der Waals surface area contributed by atoms with Crippen LogP contribution >= 0.6 is 0 Å². The number of nitriles is 1.